The van der Waals surface area contributed by atoms with E-state index in [2.05, 4.69) is 20.4 Å². The zero-order chi connectivity index (χ0) is 14.0. The van der Waals surface area contributed by atoms with Gasteiger partial charge in [-0.05, 0) is 31.5 Å². The third kappa shape index (κ3) is 3.65. The Bertz CT molecular complexity index is 605. The summed E-state index contributed by atoms with van der Waals surface area (Å²) in [4.78, 5) is 19.4. The van der Waals surface area contributed by atoms with E-state index in [9.17, 15) is 4.79 Å². The summed E-state index contributed by atoms with van der Waals surface area (Å²) >= 11 is 11.4. The van der Waals surface area contributed by atoms with E-state index < -0.39 is 0 Å². The van der Waals surface area contributed by atoms with Crippen molar-refractivity contribution in [1.29, 1.82) is 0 Å². The van der Waals surface area contributed by atoms with Crippen molar-refractivity contribution in [3.05, 3.63) is 34.0 Å². The normalized spacial score (nSPS) is 10.5. The molecule has 0 bridgehead atoms. The van der Waals surface area contributed by atoms with E-state index in [0.717, 1.165) is 11.4 Å². The lowest BCUT2D eigenvalue weighted by molar-refractivity contribution is -0.117. The maximum Gasteiger partial charge on any atom is 0.247 e. The average molecular weight is 300 g/mol. The third-order valence-electron chi connectivity index (χ3n) is 2.33. The van der Waals surface area contributed by atoms with Gasteiger partial charge in [-0.25, -0.2) is 9.97 Å². The van der Waals surface area contributed by atoms with Crippen LogP contribution in [0.2, 0.25) is 10.4 Å². The first-order chi connectivity index (χ1) is 8.94. The number of anilines is 1. The van der Waals surface area contributed by atoms with Crippen molar-refractivity contribution in [3.63, 3.8) is 0 Å². The van der Waals surface area contributed by atoms with E-state index in [4.69, 9.17) is 23.2 Å². The molecule has 6 nitrogen and oxygen atoms in total. The molecule has 0 saturated heterocycles. The lowest BCUT2D eigenvalue weighted by Gasteiger charge is -2.06. The number of rotatable bonds is 3. The molecule has 0 unspecified atom stereocenters. The Morgan fingerprint density at radius 2 is 2.05 bits per heavy atom. The summed E-state index contributed by atoms with van der Waals surface area (Å²) in [6, 6.07) is 3.32. The summed E-state index contributed by atoms with van der Waals surface area (Å²) in [5.74, 6) is -0.00596. The minimum Gasteiger partial charge on any atom is -0.309 e. The average Bonchev–Trinajstić information content (AvgIpc) is 2.55. The number of halogens is 2. The van der Waals surface area contributed by atoms with Crippen LogP contribution in [0.15, 0.2) is 12.1 Å². The van der Waals surface area contributed by atoms with Crippen LogP contribution in [0.1, 0.15) is 11.4 Å². The van der Waals surface area contributed by atoms with Crippen LogP contribution in [-0.2, 0) is 11.3 Å². The van der Waals surface area contributed by atoms with Crippen molar-refractivity contribution >= 4 is 34.9 Å². The Labute approximate surface area is 119 Å². The summed E-state index contributed by atoms with van der Waals surface area (Å²) in [5.41, 5.74) is 1.77. The van der Waals surface area contributed by atoms with E-state index in [1.54, 1.807) is 4.68 Å². The standard InChI is InChI=1S/C11H11Cl2N5O/c1-6-3-7(2)18(17-6)5-10(19)15-9-4-8(12)14-11(13)16-9/h3-4H,5H2,1-2H3,(H,14,15,16,19). The van der Waals surface area contributed by atoms with Crippen molar-refractivity contribution in [1.82, 2.24) is 19.7 Å². The fourth-order valence-electron chi connectivity index (χ4n) is 1.61. The molecule has 0 atom stereocenters. The molecule has 2 rings (SSSR count). The van der Waals surface area contributed by atoms with Crippen molar-refractivity contribution in [2.75, 3.05) is 5.32 Å². The first-order valence-corrected chi connectivity index (χ1v) is 6.20. The molecule has 0 radical (unpaired) electrons. The fraction of sp³-hybridized carbons (Fsp3) is 0.273. The molecule has 2 heterocycles. The number of aryl methyl sites for hydroxylation is 2. The first-order valence-electron chi connectivity index (χ1n) is 5.45. The predicted octanol–water partition coefficient (Wildman–Crippen LogP) is 2.24. The van der Waals surface area contributed by atoms with Crippen molar-refractivity contribution in [2.24, 2.45) is 0 Å². The number of hydrogen-bond donors (Lipinski definition) is 1. The van der Waals surface area contributed by atoms with E-state index in [0.29, 0.717) is 0 Å². The largest absolute Gasteiger partial charge is 0.309 e. The molecule has 19 heavy (non-hydrogen) atoms. The van der Waals surface area contributed by atoms with Crippen LogP contribution in [-0.4, -0.2) is 25.7 Å². The van der Waals surface area contributed by atoms with Gasteiger partial charge in [-0.2, -0.15) is 5.10 Å². The lowest BCUT2D eigenvalue weighted by atomic mass is 10.4. The van der Waals surface area contributed by atoms with E-state index in [-0.39, 0.29) is 28.7 Å². The van der Waals surface area contributed by atoms with Gasteiger partial charge in [0.25, 0.3) is 0 Å². The SMILES string of the molecule is Cc1cc(C)n(CC(=O)Nc2cc(Cl)nc(Cl)n2)n1. The summed E-state index contributed by atoms with van der Waals surface area (Å²) < 4.78 is 1.61. The van der Waals surface area contributed by atoms with Gasteiger partial charge < -0.3 is 5.32 Å². The fourth-order valence-corrected chi connectivity index (χ4v) is 2.02. The molecule has 8 heteroatoms. The number of aromatic nitrogens is 4. The second kappa shape index (κ2) is 5.54. The van der Waals surface area contributed by atoms with Gasteiger partial charge in [0.15, 0.2) is 0 Å². The van der Waals surface area contributed by atoms with Crippen LogP contribution < -0.4 is 5.32 Å². The Hall–Kier alpha value is -1.66. The highest BCUT2D eigenvalue weighted by molar-refractivity contribution is 6.32. The third-order valence-corrected chi connectivity index (χ3v) is 2.69. The minimum absolute atomic E-state index is 0.0195. The van der Waals surface area contributed by atoms with Crippen LogP contribution in [0.5, 0.6) is 0 Å². The summed E-state index contributed by atoms with van der Waals surface area (Å²) in [6.45, 7) is 3.84. The van der Waals surface area contributed by atoms with Gasteiger partial charge in [0, 0.05) is 11.8 Å². The molecular weight excluding hydrogens is 289 g/mol. The highest BCUT2D eigenvalue weighted by Crippen LogP contribution is 2.14. The number of amides is 1. The summed E-state index contributed by atoms with van der Waals surface area (Å²) in [5, 5.41) is 6.94. The molecule has 0 fully saturated rings. The van der Waals surface area contributed by atoms with Crippen molar-refractivity contribution in [2.45, 2.75) is 20.4 Å². The van der Waals surface area contributed by atoms with E-state index in [1.807, 2.05) is 19.9 Å². The first kappa shape index (κ1) is 13.8. The zero-order valence-electron chi connectivity index (χ0n) is 10.3. The molecule has 0 aromatic carbocycles. The molecule has 0 aliphatic carbocycles. The van der Waals surface area contributed by atoms with Gasteiger partial charge in [-0.1, -0.05) is 11.6 Å². The van der Waals surface area contributed by atoms with Gasteiger partial charge in [0.1, 0.15) is 17.5 Å². The molecule has 0 aliphatic rings. The lowest BCUT2D eigenvalue weighted by Crippen LogP contribution is -2.21. The van der Waals surface area contributed by atoms with E-state index >= 15 is 0 Å². The van der Waals surface area contributed by atoms with Gasteiger partial charge >= 0.3 is 0 Å². The van der Waals surface area contributed by atoms with Crippen LogP contribution in [0.4, 0.5) is 5.82 Å². The molecule has 2 aromatic rings. The molecule has 0 aliphatic heterocycles. The van der Waals surface area contributed by atoms with Crippen LogP contribution in [0, 0.1) is 13.8 Å². The Morgan fingerprint density at radius 1 is 1.32 bits per heavy atom. The van der Waals surface area contributed by atoms with Gasteiger partial charge in [-0.3, -0.25) is 9.48 Å². The minimum atomic E-state index is -0.267. The quantitative estimate of drug-likeness (QED) is 0.697. The highest BCUT2D eigenvalue weighted by atomic mass is 35.5. The molecule has 1 N–H and O–H groups in total. The van der Waals surface area contributed by atoms with Crippen molar-refractivity contribution in [3.8, 4) is 0 Å². The van der Waals surface area contributed by atoms with Crippen LogP contribution in [0.3, 0.4) is 0 Å². The Balaban J connectivity index is 2.07. The highest BCUT2D eigenvalue weighted by Gasteiger charge is 2.09. The molecule has 2 aromatic heterocycles. The predicted molar refractivity (Wildman–Crippen MR) is 72.4 cm³/mol. The van der Waals surface area contributed by atoms with Crippen molar-refractivity contribution < 1.29 is 4.79 Å². The summed E-state index contributed by atoms with van der Waals surface area (Å²) in [6.07, 6.45) is 0. The van der Waals surface area contributed by atoms with Crippen LogP contribution >= 0.6 is 23.2 Å². The maximum absolute atomic E-state index is 11.8. The molecule has 100 valence electrons. The van der Waals surface area contributed by atoms with Gasteiger partial charge in [0.2, 0.25) is 11.2 Å². The Kier molecular flexibility index (Phi) is 4.01. The molecule has 0 saturated carbocycles. The second-order valence-corrected chi connectivity index (χ2v) is 4.70. The van der Waals surface area contributed by atoms with Gasteiger partial charge in [0.05, 0.1) is 5.69 Å². The Morgan fingerprint density at radius 3 is 2.63 bits per heavy atom. The number of nitrogens with zero attached hydrogens (tertiary/aromatic N) is 4. The van der Waals surface area contributed by atoms with Crippen LogP contribution in [0.25, 0.3) is 0 Å². The number of nitrogens with one attached hydrogen (secondary N) is 1. The zero-order valence-corrected chi connectivity index (χ0v) is 11.8. The topological polar surface area (TPSA) is 72.7 Å². The second-order valence-electron chi connectivity index (χ2n) is 3.98. The molecule has 0 spiro atoms. The number of carbonyl (C=O) groups excluding carboxylic acids is 1. The van der Waals surface area contributed by atoms with Gasteiger partial charge in [-0.15, -0.1) is 0 Å². The number of carbonyl (C=O) groups is 1. The molecular formula is C11H11Cl2N5O. The van der Waals surface area contributed by atoms with E-state index in [1.165, 1.54) is 6.07 Å². The summed E-state index contributed by atoms with van der Waals surface area (Å²) in [7, 11) is 0. The monoisotopic (exact) mass is 299 g/mol. The molecule has 1 amide bonds. The maximum atomic E-state index is 11.8. The number of hydrogen-bond acceptors (Lipinski definition) is 4. The smallest absolute Gasteiger partial charge is 0.247 e.